The molecule has 31 heavy (non-hydrogen) atoms. The molecule has 8 heteroatoms. The number of thioether (sulfide) groups is 1. The Bertz CT molecular complexity index is 1110. The molecule has 4 rings (SSSR count). The van der Waals surface area contributed by atoms with Crippen molar-refractivity contribution in [2.75, 3.05) is 12.9 Å². The van der Waals surface area contributed by atoms with E-state index in [9.17, 15) is 9.59 Å². The molecule has 0 saturated carbocycles. The number of aromatic nitrogens is 2. The molecule has 0 radical (unpaired) electrons. The number of hydrogen-bond acceptors (Lipinski definition) is 6. The van der Waals surface area contributed by atoms with Crippen LogP contribution in [-0.4, -0.2) is 51.2 Å². The summed E-state index contributed by atoms with van der Waals surface area (Å²) in [5.41, 5.74) is 1.54. The lowest BCUT2D eigenvalue weighted by molar-refractivity contribution is 0.0173. The molecule has 1 amide bonds. The molecule has 0 bridgehead atoms. The highest BCUT2D eigenvalue weighted by Gasteiger charge is 2.44. The first-order valence-electron chi connectivity index (χ1n) is 10.0. The second kappa shape index (κ2) is 8.26. The Hall–Kier alpha value is -3.00. The number of benzene rings is 1. The number of hydrogen-bond donors (Lipinski definition) is 1. The maximum Gasteiger partial charge on any atom is 0.412 e. The number of rotatable bonds is 4. The van der Waals surface area contributed by atoms with Crippen LogP contribution in [0.25, 0.3) is 10.9 Å². The van der Waals surface area contributed by atoms with Crippen molar-refractivity contribution in [1.29, 1.82) is 0 Å². The molecule has 1 aromatic carbocycles. The molecule has 2 unspecified atom stereocenters. The van der Waals surface area contributed by atoms with Gasteiger partial charge in [0, 0.05) is 52.4 Å². The molecule has 1 fully saturated rings. The van der Waals surface area contributed by atoms with Crippen LogP contribution in [0.2, 0.25) is 0 Å². The van der Waals surface area contributed by atoms with Gasteiger partial charge in [-0.25, -0.2) is 4.79 Å². The predicted molar refractivity (Wildman–Crippen MR) is 120 cm³/mol. The van der Waals surface area contributed by atoms with Gasteiger partial charge in [-0.3, -0.25) is 14.7 Å². The zero-order chi connectivity index (χ0) is 22.2. The van der Waals surface area contributed by atoms with Crippen LogP contribution in [0.3, 0.4) is 0 Å². The van der Waals surface area contributed by atoms with E-state index >= 15 is 0 Å². The SMILES string of the molecule is COc1ccc2c(C(=O)C3CSC(c4cccnc4)N3C(=O)OC(C)(C)C)c[nH]c2c1. The third-order valence-electron chi connectivity index (χ3n) is 5.03. The minimum Gasteiger partial charge on any atom is -0.497 e. The number of pyridine rings is 1. The predicted octanol–water partition coefficient (Wildman–Crippen LogP) is 4.81. The average Bonchev–Trinajstić information content (AvgIpc) is 3.37. The number of nitrogens with zero attached hydrogens (tertiary/aromatic N) is 2. The van der Waals surface area contributed by atoms with Gasteiger partial charge in [0.25, 0.3) is 0 Å². The number of aromatic amines is 1. The molecule has 1 saturated heterocycles. The van der Waals surface area contributed by atoms with Gasteiger partial charge in [0.15, 0.2) is 5.78 Å². The van der Waals surface area contributed by atoms with Gasteiger partial charge in [0.1, 0.15) is 22.8 Å². The van der Waals surface area contributed by atoms with Crippen LogP contribution < -0.4 is 4.74 Å². The quantitative estimate of drug-likeness (QED) is 0.588. The van der Waals surface area contributed by atoms with E-state index in [1.807, 2.05) is 51.1 Å². The number of ketones is 1. The number of amides is 1. The maximum atomic E-state index is 13.6. The molecule has 0 spiro atoms. The van der Waals surface area contributed by atoms with E-state index in [1.165, 1.54) is 11.8 Å². The number of carbonyl (C=O) groups is 2. The fourth-order valence-corrected chi connectivity index (χ4v) is 5.04. The molecule has 2 aromatic heterocycles. The topological polar surface area (TPSA) is 84.5 Å². The molecule has 1 aliphatic rings. The number of ether oxygens (including phenoxy) is 2. The summed E-state index contributed by atoms with van der Waals surface area (Å²) in [6, 6.07) is 8.61. The summed E-state index contributed by atoms with van der Waals surface area (Å²) in [6.45, 7) is 5.45. The lowest BCUT2D eigenvalue weighted by atomic mass is 10.0. The Morgan fingerprint density at radius 1 is 1.26 bits per heavy atom. The van der Waals surface area contributed by atoms with E-state index in [1.54, 1.807) is 30.6 Å². The largest absolute Gasteiger partial charge is 0.497 e. The summed E-state index contributed by atoms with van der Waals surface area (Å²) in [5, 5.41) is 0.451. The molecule has 3 heterocycles. The minimum atomic E-state index is -0.672. The lowest BCUT2D eigenvalue weighted by Gasteiger charge is -2.31. The van der Waals surface area contributed by atoms with Gasteiger partial charge in [0.2, 0.25) is 0 Å². The molecular formula is C23H25N3O4S. The third kappa shape index (κ3) is 4.25. The first-order valence-corrected chi connectivity index (χ1v) is 11.1. The Balaban J connectivity index is 1.70. The van der Waals surface area contributed by atoms with E-state index < -0.39 is 17.7 Å². The number of fused-ring (bicyclic) bond motifs is 1. The summed E-state index contributed by atoms with van der Waals surface area (Å²) < 4.78 is 10.9. The normalized spacial score (nSPS) is 18.9. The monoisotopic (exact) mass is 439 g/mol. The van der Waals surface area contributed by atoms with Gasteiger partial charge in [-0.1, -0.05) is 6.07 Å². The smallest absolute Gasteiger partial charge is 0.412 e. The fraction of sp³-hybridized carbons (Fsp3) is 0.348. The van der Waals surface area contributed by atoms with Crippen LogP contribution in [0.1, 0.15) is 42.1 Å². The standard InChI is InChI=1S/C23H25N3O4S/c1-23(2,3)30-22(28)26-19(13-31-21(26)14-6-5-9-24-11-14)20(27)17-12-25-18-10-15(29-4)7-8-16(17)18/h5-12,19,21,25H,13H2,1-4H3. The van der Waals surface area contributed by atoms with Gasteiger partial charge in [0.05, 0.1) is 7.11 Å². The lowest BCUT2D eigenvalue weighted by Crippen LogP contribution is -2.45. The number of methoxy groups -OCH3 is 1. The summed E-state index contributed by atoms with van der Waals surface area (Å²) in [4.78, 5) is 35.6. The Morgan fingerprint density at radius 2 is 2.06 bits per heavy atom. The summed E-state index contributed by atoms with van der Waals surface area (Å²) in [7, 11) is 1.60. The van der Waals surface area contributed by atoms with E-state index in [-0.39, 0.29) is 11.2 Å². The zero-order valence-corrected chi connectivity index (χ0v) is 18.7. The molecule has 1 N–H and O–H groups in total. The maximum absolute atomic E-state index is 13.6. The van der Waals surface area contributed by atoms with E-state index in [0.717, 1.165) is 16.5 Å². The van der Waals surface area contributed by atoms with Crippen LogP contribution in [0.15, 0.2) is 48.9 Å². The van der Waals surface area contributed by atoms with Gasteiger partial charge in [-0.2, -0.15) is 0 Å². The molecule has 3 aromatic rings. The number of Topliss-reactive ketones (excluding diaryl/α,β-unsaturated/α-hetero) is 1. The average molecular weight is 440 g/mol. The number of nitrogens with one attached hydrogen (secondary N) is 1. The first kappa shape index (κ1) is 21.2. The fourth-order valence-electron chi connectivity index (χ4n) is 3.64. The molecule has 1 aliphatic heterocycles. The zero-order valence-electron chi connectivity index (χ0n) is 17.9. The highest BCUT2D eigenvalue weighted by atomic mass is 32.2. The summed E-state index contributed by atoms with van der Waals surface area (Å²) >= 11 is 1.54. The first-order chi connectivity index (χ1) is 14.8. The van der Waals surface area contributed by atoms with E-state index in [2.05, 4.69) is 9.97 Å². The summed E-state index contributed by atoms with van der Waals surface area (Å²) in [6.07, 6.45) is 4.59. The van der Waals surface area contributed by atoms with Crippen molar-refractivity contribution < 1.29 is 19.1 Å². The highest BCUT2D eigenvalue weighted by molar-refractivity contribution is 7.99. The van der Waals surface area contributed by atoms with Crippen LogP contribution in [0, 0.1) is 0 Å². The second-order valence-corrected chi connectivity index (χ2v) is 9.47. The minimum absolute atomic E-state index is 0.124. The van der Waals surface area contributed by atoms with Gasteiger partial charge < -0.3 is 14.5 Å². The summed E-state index contributed by atoms with van der Waals surface area (Å²) in [5.74, 6) is 1.05. The third-order valence-corrected chi connectivity index (χ3v) is 6.35. The van der Waals surface area contributed by atoms with Gasteiger partial charge in [-0.15, -0.1) is 11.8 Å². The van der Waals surface area contributed by atoms with Gasteiger partial charge in [-0.05, 0) is 39.0 Å². The Labute approximate surface area is 185 Å². The number of carbonyl (C=O) groups excluding carboxylic acids is 2. The molecule has 162 valence electrons. The van der Waals surface area contributed by atoms with Crippen LogP contribution in [0.5, 0.6) is 5.75 Å². The van der Waals surface area contributed by atoms with E-state index in [0.29, 0.717) is 17.1 Å². The van der Waals surface area contributed by atoms with E-state index in [4.69, 9.17) is 9.47 Å². The van der Waals surface area contributed by atoms with Crippen molar-refractivity contribution in [2.24, 2.45) is 0 Å². The Morgan fingerprint density at radius 3 is 2.74 bits per heavy atom. The van der Waals surface area contributed by atoms with Crippen LogP contribution in [-0.2, 0) is 4.74 Å². The van der Waals surface area contributed by atoms with Crippen molar-refractivity contribution in [3.05, 3.63) is 60.0 Å². The Kier molecular flexibility index (Phi) is 5.66. The van der Waals surface area contributed by atoms with Crippen LogP contribution >= 0.6 is 11.8 Å². The second-order valence-electron chi connectivity index (χ2n) is 8.35. The van der Waals surface area contributed by atoms with Crippen LogP contribution in [0.4, 0.5) is 4.79 Å². The molecule has 7 nitrogen and oxygen atoms in total. The molecular weight excluding hydrogens is 414 g/mol. The molecule has 2 atom stereocenters. The van der Waals surface area contributed by atoms with Crippen molar-refractivity contribution in [1.82, 2.24) is 14.9 Å². The molecule has 0 aliphatic carbocycles. The van der Waals surface area contributed by atoms with Crippen molar-refractivity contribution in [2.45, 2.75) is 37.8 Å². The van der Waals surface area contributed by atoms with Crippen molar-refractivity contribution >= 4 is 34.5 Å². The number of H-pyrrole nitrogens is 1. The van der Waals surface area contributed by atoms with Crippen molar-refractivity contribution in [3.63, 3.8) is 0 Å². The van der Waals surface area contributed by atoms with Gasteiger partial charge >= 0.3 is 6.09 Å². The van der Waals surface area contributed by atoms with Crippen molar-refractivity contribution in [3.8, 4) is 5.75 Å². The highest BCUT2D eigenvalue weighted by Crippen LogP contribution is 2.43.